The van der Waals surface area contributed by atoms with Crippen molar-refractivity contribution in [3.63, 3.8) is 0 Å². The molecule has 0 amide bonds. The van der Waals surface area contributed by atoms with Crippen molar-refractivity contribution in [2.24, 2.45) is 4.99 Å². The predicted octanol–water partition coefficient (Wildman–Crippen LogP) is 4.61. The lowest BCUT2D eigenvalue weighted by Gasteiger charge is -2.13. The molecule has 1 aromatic carbocycles. The van der Waals surface area contributed by atoms with E-state index in [4.69, 9.17) is 9.47 Å². The maximum Gasteiger partial charge on any atom is 0.184 e. The van der Waals surface area contributed by atoms with E-state index in [1.165, 1.54) is 18.6 Å². The SMILES string of the molecule is CC/C=C(CNc1ncnc2c(OC)cc(-c3ccc(F)cn3)cc12)/N=C(/C)OC. The van der Waals surface area contributed by atoms with Gasteiger partial charge in [-0.3, -0.25) is 4.98 Å². The van der Waals surface area contributed by atoms with Gasteiger partial charge in [0.25, 0.3) is 0 Å². The Hall–Kier alpha value is -3.55. The lowest BCUT2D eigenvalue weighted by atomic mass is 10.1. The number of pyridine rings is 1. The van der Waals surface area contributed by atoms with Crippen LogP contribution in [0.5, 0.6) is 5.75 Å². The molecule has 0 saturated carbocycles. The topological polar surface area (TPSA) is 81.5 Å². The van der Waals surface area contributed by atoms with Gasteiger partial charge in [0.15, 0.2) is 5.90 Å². The number of hydrogen-bond donors (Lipinski definition) is 1. The number of fused-ring (bicyclic) bond motifs is 1. The summed E-state index contributed by atoms with van der Waals surface area (Å²) in [5, 5.41) is 4.09. The number of nitrogens with one attached hydrogen (secondary N) is 1. The van der Waals surface area contributed by atoms with E-state index in [0.29, 0.717) is 35.2 Å². The molecule has 0 unspecified atom stereocenters. The minimum absolute atomic E-state index is 0.389. The minimum Gasteiger partial charge on any atom is -0.494 e. The van der Waals surface area contributed by atoms with Crippen LogP contribution in [0.2, 0.25) is 0 Å². The third kappa shape index (κ3) is 4.89. The molecule has 0 aliphatic carbocycles. The summed E-state index contributed by atoms with van der Waals surface area (Å²) in [6.45, 7) is 4.31. The normalized spacial score (nSPS) is 12.2. The van der Waals surface area contributed by atoms with E-state index in [-0.39, 0.29) is 5.82 Å². The van der Waals surface area contributed by atoms with Gasteiger partial charge in [0.2, 0.25) is 0 Å². The van der Waals surface area contributed by atoms with Crippen LogP contribution in [0.1, 0.15) is 20.3 Å². The first-order valence-electron chi connectivity index (χ1n) is 9.52. The summed E-state index contributed by atoms with van der Waals surface area (Å²) < 4.78 is 24.0. The highest BCUT2D eigenvalue weighted by Crippen LogP contribution is 2.33. The average Bonchev–Trinajstić information content (AvgIpc) is 2.77. The van der Waals surface area contributed by atoms with E-state index in [1.54, 1.807) is 27.2 Å². The number of methoxy groups -OCH3 is 2. The van der Waals surface area contributed by atoms with Crippen LogP contribution in [0.25, 0.3) is 22.2 Å². The molecule has 2 heterocycles. The fourth-order valence-electron chi connectivity index (χ4n) is 2.94. The van der Waals surface area contributed by atoms with Crippen LogP contribution in [-0.4, -0.2) is 41.6 Å². The van der Waals surface area contributed by atoms with Crippen LogP contribution in [0.3, 0.4) is 0 Å². The van der Waals surface area contributed by atoms with E-state index in [9.17, 15) is 4.39 Å². The summed E-state index contributed by atoms with van der Waals surface area (Å²) in [7, 11) is 3.17. The maximum atomic E-state index is 13.3. The molecule has 8 heteroatoms. The summed E-state index contributed by atoms with van der Waals surface area (Å²) in [5.41, 5.74) is 2.90. The highest BCUT2D eigenvalue weighted by atomic mass is 19.1. The van der Waals surface area contributed by atoms with Crippen molar-refractivity contribution in [2.45, 2.75) is 20.3 Å². The van der Waals surface area contributed by atoms with Gasteiger partial charge in [-0.1, -0.05) is 13.0 Å². The molecule has 0 bridgehead atoms. The van der Waals surface area contributed by atoms with Crippen molar-refractivity contribution in [3.8, 4) is 17.0 Å². The number of aliphatic imine (C=N–C) groups is 1. The third-order valence-electron chi connectivity index (χ3n) is 4.42. The Kier molecular flexibility index (Phi) is 6.90. The zero-order valence-corrected chi connectivity index (χ0v) is 17.4. The van der Waals surface area contributed by atoms with Gasteiger partial charge in [-0.15, -0.1) is 0 Å². The molecular weight excluding hydrogens is 385 g/mol. The summed E-state index contributed by atoms with van der Waals surface area (Å²) in [6.07, 6.45) is 5.53. The molecule has 7 nitrogen and oxygen atoms in total. The number of nitrogens with zero attached hydrogens (tertiary/aromatic N) is 4. The van der Waals surface area contributed by atoms with Gasteiger partial charge in [-0.25, -0.2) is 19.4 Å². The van der Waals surface area contributed by atoms with Crippen LogP contribution >= 0.6 is 0 Å². The van der Waals surface area contributed by atoms with Gasteiger partial charge in [0.1, 0.15) is 29.2 Å². The average molecular weight is 409 g/mol. The summed E-state index contributed by atoms with van der Waals surface area (Å²) in [5.74, 6) is 1.40. The molecule has 0 atom stereocenters. The maximum absolute atomic E-state index is 13.3. The van der Waals surface area contributed by atoms with Crippen molar-refractivity contribution in [3.05, 3.63) is 54.4 Å². The van der Waals surface area contributed by atoms with Crippen LogP contribution in [-0.2, 0) is 4.74 Å². The molecule has 0 radical (unpaired) electrons. The largest absolute Gasteiger partial charge is 0.494 e. The standard InChI is InChI=1S/C22H24FN5O2/c1-5-6-17(28-14(2)29-3)12-25-22-18-9-15(19-8-7-16(23)11-24-19)10-20(30-4)21(18)26-13-27-22/h6-11,13H,5,12H2,1-4H3,(H,25,26,27)/b17-6+,28-14-. The molecular formula is C22H24FN5O2. The highest BCUT2D eigenvalue weighted by molar-refractivity contribution is 5.96. The van der Waals surface area contributed by atoms with Crippen LogP contribution in [0, 0.1) is 5.82 Å². The third-order valence-corrected chi connectivity index (χ3v) is 4.42. The monoisotopic (exact) mass is 409 g/mol. The fourth-order valence-corrected chi connectivity index (χ4v) is 2.94. The molecule has 0 fully saturated rings. The Morgan fingerprint density at radius 3 is 2.70 bits per heavy atom. The lowest BCUT2D eigenvalue weighted by molar-refractivity contribution is 0.399. The van der Waals surface area contributed by atoms with Gasteiger partial charge < -0.3 is 14.8 Å². The number of anilines is 1. The zero-order chi connectivity index (χ0) is 21.5. The molecule has 156 valence electrons. The Morgan fingerprint density at radius 1 is 1.20 bits per heavy atom. The van der Waals surface area contributed by atoms with E-state index >= 15 is 0 Å². The highest BCUT2D eigenvalue weighted by Gasteiger charge is 2.13. The van der Waals surface area contributed by atoms with Crippen molar-refractivity contribution in [1.29, 1.82) is 0 Å². The molecule has 3 rings (SSSR count). The first-order chi connectivity index (χ1) is 14.5. The van der Waals surface area contributed by atoms with Crippen LogP contribution in [0.15, 0.2) is 53.6 Å². The fraction of sp³-hybridized carbons (Fsp3) is 0.273. The Labute approximate surface area is 174 Å². The molecule has 0 aliphatic heterocycles. The van der Waals surface area contributed by atoms with E-state index < -0.39 is 0 Å². The number of aromatic nitrogens is 3. The minimum atomic E-state index is -0.389. The van der Waals surface area contributed by atoms with Crippen LogP contribution < -0.4 is 10.1 Å². The van der Waals surface area contributed by atoms with Crippen molar-refractivity contribution >= 4 is 22.6 Å². The summed E-state index contributed by atoms with van der Waals surface area (Å²) >= 11 is 0. The van der Waals surface area contributed by atoms with Gasteiger partial charge >= 0.3 is 0 Å². The molecule has 0 saturated heterocycles. The predicted molar refractivity (Wildman–Crippen MR) is 116 cm³/mol. The van der Waals surface area contributed by atoms with Crippen LogP contribution in [0.4, 0.5) is 10.2 Å². The van der Waals surface area contributed by atoms with Gasteiger partial charge in [-0.05, 0) is 30.7 Å². The second kappa shape index (κ2) is 9.78. The van der Waals surface area contributed by atoms with Crippen molar-refractivity contribution in [2.75, 3.05) is 26.1 Å². The molecule has 1 N–H and O–H groups in total. The quantitative estimate of drug-likeness (QED) is 0.453. The van der Waals surface area contributed by atoms with Gasteiger partial charge in [0.05, 0.1) is 38.4 Å². The first-order valence-corrected chi connectivity index (χ1v) is 9.52. The molecule has 0 spiro atoms. The van der Waals surface area contributed by atoms with Gasteiger partial charge in [0, 0.05) is 17.9 Å². The second-order valence-corrected chi connectivity index (χ2v) is 6.45. The molecule has 3 aromatic rings. The summed E-state index contributed by atoms with van der Waals surface area (Å²) in [6, 6.07) is 6.73. The lowest BCUT2D eigenvalue weighted by Crippen LogP contribution is -2.08. The second-order valence-electron chi connectivity index (χ2n) is 6.45. The molecule has 2 aromatic heterocycles. The molecule has 0 aliphatic rings. The summed E-state index contributed by atoms with van der Waals surface area (Å²) in [4.78, 5) is 17.4. The number of benzene rings is 1. The van der Waals surface area contributed by atoms with Crippen molar-refractivity contribution in [1.82, 2.24) is 15.0 Å². The molecule has 30 heavy (non-hydrogen) atoms. The van der Waals surface area contributed by atoms with E-state index in [1.807, 2.05) is 25.1 Å². The van der Waals surface area contributed by atoms with E-state index in [2.05, 4.69) is 25.3 Å². The number of halogens is 1. The number of rotatable bonds is 7. The first kappa shape index (κ1) is 21.2. The van der Waals surface area contributed by atoms with Crippen molar-refractivity contribution < 1.29 is 13.9 Å². The van der Waals surface area contributed by atoms with E-state index in [0.717, 1.165) is 23.1 Å². The number of ether oxygens (including phenoxy) is 2. The smallest absolute Gasteiger partial charge is 0.184 e. The van der Waals surface area contributed by atoms with Gasteiger partial charge in [-0.2, -0.15) is 0 Å². The Morgan fingerprint density at radius 2 is 2.03 bits per heavy atom. The zero-order valence-electron chi connectivity index (χ0n) is 17.4. The Bertz CT molecular complexity index is 1080. The number of allylic oxidation sites excluding steroid dienone is 1. The Balaban J connectivity index is 2.01. The number of hydrogen-bond acceptors (Lipinski definition) is 7.